The number of hydrogen-bond donors (Lipinski definition) is 3. The summed E-state index contributed by atoms with van der Waals surface area (Å²) in [4.78, 5) is 21.4. The molecular formula is C23H30IN5O. The van der Waals surface area contributed by atoms with Crippen molar-refractivity contribution in [2.24, 2.45) is 4.99 Å². The molecule has 0 saturated carbocycles. The van der Waals surface area contributed by atoms with Crippen molar-refractivity contribution in [1.29, 1.82) is 0 Å². The van der Waals surface area contributed by atoms with Crippen LogP contribution in [0.5, 0.6) is 0 Å². The third-order valence-corrected chi connectivity index (χ3v) is 4.80. The van der Waals surface area contributed by atoms with Gasteiger partial charge in [0.15, 0.2) is 5.96 Å². The fourth-order valence-electron chi connectivity index (χ4n) is 3.05. The van der Waals surface area contributed by atoms with Crippen LogP contribution in [-0.2, 0) is 11.2 Å². The van der Waals surface area contributed by atoms with Crippen molar-refractivity contribution < 1.29 is 4.79 Å². The molecule has 160 valence electrons. The Morgan fingerprint density at radius 3 is 2.50 bits per heavy atom. The highest BCUT2D eigenvalue weighted by Gasteiger charge is 2.10. The summed E-state index contributed by atoms with van der Waals surface area (Å²) >= 11 is 0. The summed E-state index contributed by atoms with van der Waals surface area (Å²) in [6.07, 6.45) is 0.830. The molecule has 3 rings (SSSR count). The van der Waals surface area contributed by atoms with Gasteiger partial charge in [-0.1, -0.05) is 48.5 Å². The van der Waals surface area contributed by atoms with E-state index in [1.165, 1.54) is 11.1 Å². The van der Waals surface area contributed by atoms with Crippen molar-refractivity contribution in [3.8, 4) is 0 Å². The van der Waals surface area contributed by atoms with E-state index in [0.717, 1.165) is 17.5 Å². The Morgan fingerprint density at radius 2 is 1.80 bits per heavy atom. The number of nitrogens with one attached hydrogen (secondary N) is 3. The lowest BCUT2D eigenvalue weighted by atomic mass is 10.1. The summed E-state index contributed by atoms with van der Waals surface area (Å²) < 4.78 is 0. The first kappa shape index (κ1) is 23.7. The second-order valence-corrected chi connectivity index (χ2v) is 7.29. The van der Waals surface area contributed by atoms with Crippen LogP contribution in [0.1, 0.15) is 24.2 Å². The molecule has 1 unspecified atom stereocenters. The molecule has 6 nitrogen and oxygen atoms in total. The number of H-pyrrole nitrogens is 1. The fraction of sp³-hybridized carbons (Fsp3) is 0.304. The van der Waals surface area contributed by atoms with Crippen LogP contribution in [0.3, 0.4) is 0 Å². The Kier molecular flexibility index (Phi) is 9.16. The van der Waals surface area contributed by atoms with E-state index >= 15 is 0 Å². The smallest absolute Gasteiger partial charge is 0.243 e. The van der Waals surface area contributed by atoms with Gasteiger partial charge in [0.1, 0.15) is 6.54 Å². The molecule has 1 atom stereocenters. The van der Waals surface area contributed by atoms with Gasteiger partial charge in [-0.3, -0.25) is 4.79 Å². The van der Waals surface area contributed by atoms with Gasteiger partial charge < -0.3 is 20.5 Å². The fourth-order valence-corrected chi connectivity index (χ4v) is 3.05. The van der Waals surface area contributed by atoms with Gasteiger partial charge in [-0.2, -0.15) is 0 Å². The zero-order chi connectivity index (χ0) is 20.6. The molecule has 0 aliphatic heterocycles. The van der Waals surface area contributed by atoms with E-state index in [0.29, 0.717) is 12.5 Å². The number of aromatic amines is 1. The molecule has 3 aromatic rings. The van der Waals surface area contributed by atoms with E-state index in [4.69, 9.17) is 0 Å². The van der Waals surface area contributed by atoms with Crippen molar-refractivity contribution in [2.75, 3.05) is 27.2 Å². The second-order valence-electron chi connectivity index (χ2n) is 7.29. The van der Waals surface area contributed by atoms with Crippen molar-refractivity contribution in [3.05, 3.63) is 71.9 Å². The normalized spacial score (nSPS) is 12.2. The molecule has 30 heavy (non-hydrogen) atoms. The minimum absolute atomic E-state index is 0. The first-order valence-corrected chi connectivity index (χ1v) is 9.89. The quantitative estimate of drug-likeness (QED) is 0.253. The number of nitrogens with zero attached hydrogens (tertiary/aromatic N) is 2. The monoisotopic (exact) mass is 519 g/mol. The molecule has 2 aromatic carbocycles. The predicted molar refractivity (Wildman–Crippen MR) is 134 cm³/mol. The highest BCUT2D eigenvalue weighted by atomic mass is 127. The number of aromatic nitrogens is 1. The van der Waals surface area contributed by atoms with Crippen LogP contribution in [0.2, 0.25) is 0 Å². The highest BCUT2D eigenvalue weighted by Crippen LogP contribution is 2.14. The van der Waals surface area contributed by atoms with Gasteiger partial charge in [-0.25, -0.2) is 4.99 Å². The number of fused-ring (bicyclic) bond motifs is 1. The standard InChI is InChI=1S/C23H29N5O.HI/c1-17(18-9-5-4-6-10-18)26-23(25-16-22(29)28(2)3)24-14-13-20-15-19-11-7-8-12-21(19)27-20;/h4-12,15,17,27H,13-14,16H2,1-3H3,(H2,24,25,26);1H. The van der Waals surface area contributed by atoms with Crippen molar-refractivity contribution in [3.63, 3.8) is 0 Å². The maximum absolute atomic E-state index is 12.0. The van der Waals surface area contributed by atoms with Crippen molar-refractivity contribution >= 4 is 46.7 Å². The molecule has 0 aliphatic rings. The first-order valence-electron chi connectivity index (χ1n) is 9.89. The van der Waals surface area contributed by atoms with Crippen molar-refractivity contribution in [1.82, 2.24) is 20.5 Å². The molecule has 0 spiro atoms. The van der Waals surface area contributed by atoms with E-state index in [1.54, 1.807) is 19.0 Å². The zero-order valence-electron chi connectivity index (χ0n) is 17.7. The summed E-state index contributed by atoms with van der Waals surface area (Å²) in [5, 5.41) is 7.97. The minimum Gasteiger partial charge on any atom is -0.358 e. The van der Waals surface area contributed by atoms with E-state index in [1.807, 2.05) is 30.3 Å². The maximum atomic E-state index is 12.0. The van der Waals surface area contributed by atoms with Crippen LogP contribution in [0.15, 0.2) is 65.7 Å². The number of rotatable bonds is 7. The van der Waals surface area contributed by atoms with Crippen LogP contribution >= 0.6 is 24.0 Å². The Balaban J connectivity index is 0.00000320. The number of halogens is 1. The summed E-state index contributed by atoms with van der Waals surface area (Å²) in [6, 6.07) is 20.7. The Labute approximate surface area is 195 Å². The number of para-hydroxylation sites is 1. The van der Waals surface area contributed by atoms with Crippen molar-refractivity contribution in [2.45, 2.75) is 19.4 Å². The van der Waals surface area contributed by atoms with Gasteiger partial charge in [0.2, 0.25) is 5.91 Å². The predicted octanol–water partition coefficient (Wildman–Crippen LogP) is 3.71. The van der Waals surface area contributed by atoms with Crippen LogP contribution in [0.25, 0.3) is 10.9 Å². The third kappa shape index (κ3) is 6.76. The van der Waals surface area contributed by atoms with Gasteiger partial charge >= 0.3 is 0 Å². The van der Waals surface area contributed by atoms with E-state index in [9.17, 15) is 4.79 Å². The molecular weight excluding hydrogens is 489 g/mol. The number of benzene rings is 2. The average Bonchev–Trinajstić information content (AvgIpc) is 3.14. The lowest BCUT2D eigenvalue weighted by Crippen LogP contribution is -2.40. The largest absolute Gasteiger partial charge is 0.358 e. The summed E-state index contributed by atoms with van der Waals surface area (Å²) in [5.41, 5.74) is 3.47. The maximum Gasteiger partial charge on any atom is 0.243 e. The van der Waals surface area contributed by atoms with Crippen LogP contribution in [-0.4, -0.2) is 48.9 Å². The molecule has 0 radical (unpaired) electrons. The van der Waals surface area contributed by atoms with Crippen LogP contribution in [0, 0.1) is 0 Å². The Hall–Kier alpha value is -2.55. The zero-order valence-corrected chi connectivity index (χ0v) is 20.0. The van der Waals surface area contributed by atoms with Gasteiger partial charge in [-0.05, 0) is 30.0 Å². The van der Waals surface area contributed by atoms with E-state index in [-0.39, 0.29) is 42.5 Å². The Bertz CT molecular complexity index is 935. The summed E-state index contributed by atoms with van der Waals surface area (Å²) in [7, 11) is 3.47. The third-order valence-electron chi connectivity index (χ3n) is 4.80. The molecule has 7 heteroatoms. The average molecular weight is 519 g/mol. The molecule has 1 heterocycles. The van der Waals surface area contributed by atoms with E-state index in [2.05, 4.69) is 57.9 Å². The minimum atomic E-state index is -0.0333. The number of likely N-dealkylation sites (N-methyl/N-ethyl adjacent to an activating group) is 1. The molecule has 1 aromatic heterocycles. The van der Waals surface area contributed by atoms with Gasteiger partial charge in [0.25, 0.3) is 0 Å². The molecule has 3 N–H and O–H groups in total. The highest BCUT2D eigenvalue weighted by molar-refractivity contribution is 14.0. The lowest BCUT2D eigenvalue weighted by molar-refractivity contribution is -0.127. The summed E-state index contributed by atoms with van der Waals surface area (Å²) in [6.45, 7) is 2.89. The number of carbonyl (C=O) groups is 1. The topological polar surface area (TPSA) is 72.5 Å². The summed E-state index contributed by atoms with van der Waals surface area (Å²) in [5.74, 6) is 0.599. The molecule has 1 amide bonds. The van der Waals surface area contributed by atoms with Gasteiger partial charge in [0.05, 0.1) is 6.04 Å². The number of hydrogen-bond acceptors (Lipinski definition) is 2. The number of amides is 1. The van der Waals surface area contributed by atoms with Gasteiger partial charge in [0, 0.05) is 38.3 Å². The van der Waals surface area contributed by atoms with E-state index < -0.39 is 0 Å². The molecule has 0 saturated heterocycles. The Morgan fingerprint density at radius 1 is 1.10 bits per heavy atom. The number of carbonyl (C=O) groups excluding carboxylic acids is 1. The molecule has 0 aliphatic carbocycles. The first-order chi connectivity index (χ1) is 14.0. The molecule has 0 fully saturated rings. The molecule has 0 bridgehead atoms. The number of aliphatic imine (C=N–C) groups is 1. The SMILES string of the molecule is CC(NC(=NCC(=O)N(C)C)NCCc1cc2ccccc2[nH]1)c1ccccc1.I. The number of guanidine groups is 1. The lowest BCUT2D eigenvalue weighted by Gasteiger charge is -2.19. The van der Waals surface area contributed by atoms with Crippen LogP contribution in [0.4, 0.5) is 0 Å². The van der Waals surface area contributed by atoms with Crippen LogP contribution < -0.4 is 10.6 Å². The van der Waals surface area contributed by atoms with Gasteiger partial charge in [-0.15, -0.1) is 24.0 Å². The second kappa shape index (κ2) is 11.6.